The number of anilines is 1. The van der Waals surface area contributed by atoms with Crippen molar-refractivity contribution in [3.05, 3.63) is 6.20 Å². The summed E-state index contributed by atoms with van der Waals surface area (Å²) in [6.45, 7) is 2.47. The smallest absolute Gasteiger partial charge is 0.233 e. The molecule has 2 rings (SSSR count). The molecule has 2 aromatic heterocycles. The molecule has 0 aliphatic heterocycles. The van der Waals surface area contributed by atoms with E-state index in [0.29, 0.717) is 28.1 Å². The van der Waals surface area contributed by atoms with Crippen molar-refractivity contribution in [1.29, 1.82) is 0 Å². The maximum atomic E-state index is 5.50. The Hall–Kier alpha value is -1.43. The zero-order valence-corrected chi connectivity index (χ0v) is 7.84. The number of fused-ring (bicyclic) bond motifs is 1. The van der Waals surface area contributed by atoms with E-state index in [1.54, 1.807) is 6.20 Å². The fourth-order valence-corrected chi connectivity index (χ4v) is 1.59. The predicted octanol–water partition coefficient (Wildman–Crippen LogP) is 1.07. The van der Waals surface area contributed by atoms with Gasteiger partial charge < -0.3 is 10.5 Å². The third-order valence-electron chi connectivity index (χ3n) is 1.41. The molecular formula is C7H8N4OS. The molecule has 0 aliphatic rings. The van der Waals surface area contributed by atoms with E-state index in [4.69, 9.17) is 10.5 Å². The summed E-state index contributed by atoms with van der Waals surface area (Å²) in [6, 6.07) is 0. The molecule has 0 spiro atoms. The Labute approximate surface area is 78.6 Å². The van der Waals surface area contributed by atoms with Crippen LogP contribution in [0.1, 0.15) is 6.92 Å². The van der Waals surface area contributed by atoms with Gasteiger partial charge in [-0.25, -0.2) is 4.98 Å². The van der Waals surface area contributed by atoms with Gasteiger partial charge in [-0.2, -0.15) is 9.97 Å². The summed E-state index contributed by atoms with van der Waals surface area (Å²) in [4.78, 5) is 12.9. The van der Waals surface area contributed by atoms with Crippen molar-refractivity contribution in [2.45, 2.75) is 6.92 Å². The van der Waals surface area contributed by atoms with Crippen LogP contribution in [-0.4, -0.2) is 21.6 Å². The second kappa shape index (κ2) is 3.14. The van der Waals surface area contributed by atoms with E-state index in [-0.39, 0.29) is 0 Å². The highest BCUT2D eigenvalue weighted by Gasteiger charge is 2.04. The molecule has 0 unspecified atom stereocenters. The van der Waals surface area contributed by atoms with Crippen LogP contribution >= 0.6 is 11.3 Å². The Bertz CT molecular complexity index is 427. The molecule has 0 amide bonds. The molecular weight excluding hydrogens is 188 g/mol. The van der Waals surface area contributed by atoms with E-state index >= 15 is 0 Å². The lowest BCUT2D eigenvalue weighted by Crippen LogP contribution is -1.94. The summed E-state index contributed by atoms with van der Waals surface area (Å²) in [7, 11) is 0. The van der Waals surface area contributed by atoms with Crippen LogP contribution in [0.15, 0.2) is 6.20 Å². The minimum absolute atomic E-state index is 0.476. The van der Waals surface area contributed by atoms with E-state index in [0.717, 1.165) is 0 Å². The average Bonchev–Trinajstić information content (AvgIpc) is 2.44. The highest BCUT2D eigenvalue weighted by Crippen LogP contribution is 2.21. The first-order chi connectivity index (χ1) is 6.29. The Balaban J connectivity index is 2.48. The maximum Gasteiger partial charge on any atom is 0.233 e. The molecule has 0 atom stereocenters. The van der Waals surface area contributed by atoms with Crippen LogP contribution in [0.25, 0.3) is 10.5 Å². The zero-order chi connectivity index (χ0) is 9.26. The lowest BCUT2D eigenvalue weighted by Gasteiger charge is -1.98. The largest absolute Gasteiger partial charge is 0.477 e. The number of hydrogen-bond donors (Lipinski definition) is 1. The van der Waals surface area contributed by atoms with Gasteiger partial charge in [0, 0.05) is 0 Å². The van der Waals surface area contributed by atoms with Gasteiger partial charge in [0.25, 0.3) is 0 Å². The first-order valence-corrected chi connectivity index (χ1v) is 4.63. The molecule has 2 heterocycles. The predicted molar refractivity (Wildman–Crippen MR) is 50.8 cm³/mol. The molecule has 0 radical (unpaired) electrons. The fraction of sp³-hybridized carbons (Fsp3) is 0.286. The number of nitrogens with zero attached hydrogens (tertiary/aromatic N) is 3. The van der Waals surface area contributed by atoms with Gasteiger partial charge in [-0.15, -0.1) is 0 Å². The van der Waals surface area contributed by atoms with Crippen LogP contribution in [0.5, 0.6) is 5.88 Å². The number of aromatic nitrogens is 3. The van der Waals surface area contributed by atoms with Crippen molar-refractivity contribution in [1.82, 2.24) is 15.0 Å². The van der Waals surface area contributed by atoms with Crippen molar-refractivity contribution in [2.24, 2.45) is 0 Å². The van der Waals surface area contributed by atoms with Gasteiger partial charge in [-0.05, 0) is 6.92 Å². The molecule has 6 heteroatoms. The number of nitrogen functional groups attached to an aromatic ring is 1. The first-order valence-electron chi connectivity index (χ1n) is 3.81. The Morgan fingerprint density at radius 3 is 3.15 bits per heavy atom. The van der Waals surface area contributed by atoms with Gasteiger partial charge in [0.05, 0.1) is 12.8 Å². The number of rotatable bonds is 2. The van der Waals surface area contributed by atoms with Gasteiger partial charge in [0.15, 0.2) is 15.6 Å². The standard InChI is InChI=1S/C7H8N4OS/c1-2-12-4-3-9-5-6(10-4)13-7(8)11-5/h3H,2H2,1H3,(H2,8,9,11). The molecule has 0 bridgehead atoms. The van der Waals surface area contributed by atoms with Crippen molar-refractivity contribution in [3.63, 3.8) is 0 Å². The lowest BCUT2D eigenvalue weighted by molar-refractivity contribution is 0.327. The third-order valence-corrected chi connectivity index (χ3v) is 2.18. The molecule has 2 N–H and O–H groups in total. The summed E-state index contributed by atoms with van der Waals surface area (Å²) in [5, 5.41) is 0.476. The number of ether oxygens (including phenoxy) is 1. The molecule has 0 aromatic carbocycles. The van der Waals surface area contributed by atoms with E-state index in [1.165, 1.54) is 11.3 Å². The second-order valence-corrected chi connectivity index (χ2v) is 3.33. The summed E-state index contributed by atoms with van der Waals surface area (Å²) in [5.41, 5.74) is 6.08. The molecule has 0 saturated heterocycles. The van der Waals surface area contributed by atoms with Crippen molar-refractivity contribution in [3.8, 4) is 5.88 Å². The summed E-state index contributed by atoms with van der Waals surface area (Å²) < 4.78 is 5.19. The van der Waals surface area contributed by atoms with E-state index in [2.05, 4.69) is 15.0 Å². The van der Waals surface area contributed by atoms with Gasteiger partial charge in [0.2, 0.25) is 5.88 Å². The van der Waals surface area contributed by atoms with Crippen LogP contribution in [0.2, 0.25) is 0 Å². The van der Waals surface area contributed by atoms with Crippen molar-refractivity contribution < 1.29 is 4.74 Å². The Morgan fingerprint density at radius 1 is 1.54 bits per heavy atom. The highest BCUT2D eigenvalue weighted by molar-refractivity contribution is 7.21. The van der Waals surface area contributed by atoms with Crippen LogP contribution in [0.4, 0.5) is 5.13 Å². The SMILES string of the molecule is CCOc1cnc2nc(N)sc2n1. The fourth-order valence-electron chi connectivity index (χ4n) is 0.939. The van der Waals surface area contributed by atoms with Gasteiger partial charge in [0.1, 0.15) is 0 Å². The van der Waals surface area contributed by atoms with E-state index < -0.39 is 0 Å². The van der Waals surface area contributed by atoms with Gasteiger partial charge in [-0.1, -0.05) is 11.3 Å². The first kappa shape index (κ1) is 8.18. The molecule has 2 aromatic rings. The molecule has 68 valence electrons. The number of thiazole rings is 1. The monoisotopic (exact) mass is 196 g/mol. The molecule has 5 nitrogen and oxygen atoms in total. The van der Waals surface area contributed by atoms with Crippen LogP contribution < -0.4 is 10.5 Å². The lowest BCUT2D eigenvalue weighted by atomic mass is 10.7. The van der Waals surface area contributed by atoms with Crippen LogP contribution in [-0.2, 0) is 0 Å². The maximum absolute atomic E-state index is 5.50. The zero-order valence-electron chi connectivity index (χ0n) is 7.02. The quantitative estimate of drug-likeness (QED) is 0.777. The Kier molecular flexibility index (Phi) is 1.97. The summed E-state index contributed by atoms with van der Waals surface area (Å²) >= 11 is 1.31. The topological polar surface area (TPSA) is 73.9 Å². The van der Waals surface area contributed by atoms with Crippen LogP contribution in [0, 0.1) is 0 Å². The molecule has 0 fully saturated rings. The summed E-state index contributed by atoms with van der Waals surface area (Å²) in [6.07, 6.45) is 1.55. The molecule has 0 saturated carbocycles. The highest BCUT2D eigenvalue weighted by atomic mass is 32.1. The van der Waals surface area contributed by atoms with E-state index in [1.807, 2.05) is 6.92 Å². The minimum atomic E-state index is 0.476. The summed E-state index contributed by atoms with van der Waals surface area (Å²) in [5.74, 6) is 0.513. The van der Waals surface area contributed by atoms with Crippen molar-refractivity contribution in [2.75, 3.05) is 12.3 Å². The van der Waals surface area contributed by atoms with Crippen molar-refractivity contribution >= 4 is 26.9 Å². The number of nitrogens with two attached hydrogens (primary N) is 1. The number of hydrogen-bond acceptors (Lipinski definition) is 6. The normalized spacial score (nSPS) is 10.5. The molecule has 0 aliphatic carbocycles. The van der Waals surface area contributed by atoms with Gasteiger partial charge in [-0.3, -0.25) is 0 Å². The third kappa shape index (κ3) is 1.52. The Morgan fingerprint density at radius 2 is 2.38 bits per heavy atom. The minimum Gasteiger partial charge on any atom is -0.477 e. The van der Waals surface area contributed by atoms with E-state index in [9.17, 15) is 0 Å². The van der Waals surface area contributed by atoms with Crippen LogP contribution in [0.3, 0.4) is 0 Å². The average molecular weight is 196 g/mol. The second-order valence-electron chi connectivity index (χ2n) is 2.32. The van der Waals surface area contributed by atoms with Gasteiger partial charge >= 0.3 is 0 Å². The molecule has 13 heavy (non-hydrogen) atoms.